The third kappa shape index (κ3) is 3.86. The van der Waals surface area contributed by atoms with Crippen molar-refractivity contribution >= 4 is 17.9 Å². The van der Waals surface area contributed by atoms with Crippen molar-refractivity contribution in [1.29, 1.82) is 0 Å². The lowest BCUT2D eigenvalue weighted by Crippen LogP contribution is -2.68. The first-order chi connectivity index (χ1) is 14.7. The predicted molar refractivity (Wildman–Crippen MR) is 99.3 cm³/mol. The molecule has 3 unspecified atom stereocenters. The highest BCUT2D eigenvalue weighted by Crippen LogP contribution is 2.42. The molecule has 3 amide bonds. The molecule has 1 aromatic heterocycles. The number of halogens is 2. The molecular weight excluding hydrogens is 416 g/mol. The number of carboxylic acid groups (broad SMARTS) is 1. The lowest BCUT2D eigenvalue weighted by molar-refractivity contribution is -0.286. The van der Waals surface area contributed by atoms with Gasteiger partial charge in [-0.15, -0.1) is 8.78 Å². The maximum Gasteiger partial charge on any atom is 0.586 e. The number of hydrogen-bond acceptors (Lipinski definition) is 6. The van der Waals surface area contributed by atoms with Gasteiger partial charge in [0.05, 0.1) is 12.0 Å². The second-order valence-electron chi connectivity index (χ2n) is 7.20. The Morgan fingerprint density at radius 1 is 1.23 bits per heavy atom. The van der Waals surface area contributed by atoms with E-state index < -0.39 is 42.2 Å². The molecule has 2 aliphatic rings. The highest BCUT2D eigenvalue weighted by molar-refractivity contribution is 6.07. The van der Waals surface area contributed by atoms with Gasteiger partial charge in [0.1, 0.15) is 0 Å². The number of urea groups is 1. The Kier molecular flexibility index (Phi) is 4.96. The van der Waals surface area contributed by atoms with Gasteiger partial charge in [0.25, 0.3) is 0 Å². The summed E-state index contributed by atoms with van der Waals surface area (Å²) >= 11 is 0. The molecule has 31 heavy (non-hydrogen) atoms. The normalized spacial score (nSPS) is 21.9. The van der Waals surface area contributed by atoms with Gasteiger partial charge in [-0.1, -0.05) is 6.07 Å². The first-order valence-corrected chi connectivity index (χ1v) is 9.31. The van der Waals surface area contributed by atoms with E-state index in [9.17, 15) is 28.3 Å². The predicted octanol–water partition coefficient (Wildman–Crippen LogP) is 2.33. The van der Waals surface area contributed by atoms with Crippen LogP contribution in [-0.2, 0) is 16.0 Å². The van der Waals surface area contributed by atoms with Gasteiger partial charge in [-0.2, -0.15) is 0 Å². The number of likely N-dealkylation sites (tertiary alicyclic amines) is 1. The standard InChI is InChI=1S/C20H17F2N3O6/c1-10(12-2-3-14-15(9-12)31-20(21,22)30-14)24-19(29)25-16(18(27)28)13(17(25)26)8-11-4-6-23-7-5-11/h2-7,9-10,13,16H,8H2,1H3,(H,24,29)(H,27,28). The summed E-state index contributed by atoms with van der Waals surface area (Å²) in [6, 6.07) is 4.40. The number of carbonyl (C=O) groups excluding carboxylic acids is 2. The summed E-state index contributed by atoms with van der Waals surface area (Å²) in [7, 11) is 0. The van der Waals surface area contributed by atoms with E-state index in [1.807, 2.05) is 0 Å². The minimum Gasteiger partial charge on any atom is -0.480 e. The van der Waals surface area contributed by atoms with Gasteiger partial charge in [-0.3, -0.25) is 9.78 Å². The Morgan fingerprint density at radius 2 is 1.90 bits per heavy atom. The Balaban J connectivity index is 1.44. The molecule has 0 spiro atoms. The number of alkyl halides is 2. The molecule has 1 saturated heterocycles. The molecule has 162 valence electrons. The van der Waals surface area contributed by atoms with E-state index in [1.54, 1.807) is 19.1 Å². The number of aliphatic carboxylic acids is 1. The number of β-lactam (4-membered cyclic amide) rings is 1. The minimum absolute atomic E-state index is 0.143. The van der Waals surface area contributed by atoms with Crippen molar-refractivity contribution in [1.82, 2.24) is 15.2 Å². The van der Waals surface area contributed by atoms with Crippen LogP contribution in [0.25, 0.3) is 0 Å². The number of hydrogen-bond donors (Lipinski definition) is 2. The fraction of sp³-hybridized carbons (Fsp3) is 0.300. The Morgan fingerprint density at radius 3 is 2.58 bits per heavy atom. The van der Waals surface area contributed by atoms with Crippen molar-refractivity contribution in [3.05, 3.63) is 53.9 Å². The van der Waals surface area contributed by atoms with Crippen molar-refractivity contribution in [2.24, 2.45) is 5.92 Å². The van der Waals surface area contributed by atoms with Gasteiger partial charge in [0, 0.05) is 12.4 Å². The number of benzene rings is 1. The number of carbonyl (C=O) groups is 3. The van der Waals surface area contributed by atoms with Gasteiger partial charge >= 0.3 is 18.3 Å². The van der Waals surface area contributed by atoms with Crippen molar-refractivity contribution in [2.45, 2.75) is 31.7 Å². The van der Waals surface area contributed by atoms with Crippen LogP contribution in [0.2, 0.25) is 0 Å². The maximum absolute atomic E-state index is 13.2. The van der Waals surface area contributed by atoms with Gasteiger partial charge in [-0.25, -0.2) is 14.5 Å². The smallest absolute Gasteiger partial charge is 0.480 e. The molecule has 3 heterocycles. The Hall–Kier alpha value is -3.76. The number of rotatable bonds is 5. The Labute approximate surface area is 174 Å². The van der Waals surface area contributed by atoms with Gasteiger partial charge in [0.2, 0.25) is 5.91 Å². The molecular formula is C20H17F2N3O6. The van der Waals surface area contributed by atoms with Crippen LogP contribution in [0.1, 0.15) is 24.1 Å². The molecule has 2 N–H and O–H groups in total. The summed E-state index contributed by atoms with van der Waals surface area (Å²) in [5, 5.41) is 12.1. The molecule has 0 saturated carbocycles. The van der Waals surface area contributed by atoms with E-state index in [0.29, 0.717) is 10.5 Å². The Bertz CT molecular complexity index is 1050. The number of aromatic nitrogens is 1. The molecule has 9 nitrogen and oxygen atoms in total. The van der Waals surface area contributed by atoms with Crippen LogP contribution in [0.4, 0.5) is 13.6 Å². The first kappa shape index (κ1) is 20.5. The summed E-state index contributed by atoms with van der Waals surface area (Å²) in [6.07, 6.45) is -0.548. The van der Waals surface area contributed by atoms with Crippen LogP contribution in [-0.4, -0.2) is 45.2 Å². The van der Waals surface area contributed by atoms with Crippen LogP contribution < -0.4 is 14.8 Å². The fourth-order valence-corrected chi connectivity index (χ4v) is 3.60. The summed E-state index contributed by atoms with van der Waals surface area (Å²) < 4.78 is 35.1. The van der Waals surface area contributed by atoms with Gasteiger partial charge < -0.3 is 19.9 Å². The molecule has 3 atom stereocenters. The largest absolute Gasteiger partial charge is 0.586 e. The molecule has 0 aliphatic carbocycles. The van der Waals surface area contributed by atoms with E-state index >= 15 is 0 Å². The summed E-state index contributed by atoms with van der Waals surface area (Å²) in [5.74, 6) is -3.13. The third-order valence-corrected chi connectivity index (χ3v) is 5.16. The number of ether oxygens (including phenoxy) is 2. The maximum atomic E-state index is 13.2. The molecule has 4 rings (SSSR count). The summed E-state index contributed by atoms with van der Waals surface area (Å²) in [6.45, 7) is 1.56. The van der Waals surface area contributed by atoms with Crippen molar-refractivity contribution in [2.75, 3.05) is 0 Å². The van der Waals surface area contributed by atoms with Crippen LogP contribution in [0.3, 0.4) is 0 Å². The lowest BCUT2D eigenvalue weighted by Gasteiger charge is -2.43. The van der Waals surface area contributed by atoms with E-state index in [0.717, 1.165) is 5.56 Å². The van der Waals surface area contributed by atoms with E-state index in [-0.39, 0.29) is 17.9 Å². The monoisotopic (exact) mass is 433 g/mol. The van der Waals surface area contributed by atoms with Crippen molar-refractivity contribution in [3.63, 3.8) is 0 Å². The molecule has 2 aromatic rings. The highest BCUT2D eigenvalue weighted by Gasteiger charge is 2.54. The third-order valence-electron chi connectivity index (χ3n) is 5.16. The van der Waals surface area contributed by atoms with Gasteiger partial charge in [0.15, 0.2) is 17.5 Å². The summed E-state index contributed by atoms with van der Waals surface area (Å²) in [5.41, 5.74) is 1.13. The zero-order chi connectivity index (χ0) is 22.3. The fourth-order valence-electron chi connectivity index (χ4n) is 3.60. The summed E-state index contributed by atoms with van der Waals surface area (Å²) in [4.78, 5) is 41.4. The van der Waals surface area contributed by atoms with Crippen LogP contribution in [0.5, 0.6) is 11.5 Å². The molecule has 11 heteroatoms. The number of pyridine rings is 1. The zero-order valence-corrected chi connectivity index (χ0v) is 16.1. The number of nitrogens with one attached hydrogen (secondary N) is 1. The van der Waals surface area contributed by atoms with Gasteiger partial charge in [-0.05, 0) is 48.7 Å². The quantitative estimate of drug-likeness (QED) is 0.695. The van der Waals surface area contributed by atoms with E-state index in [2.05, 4.69) is 19.8 Å². The van der Waals surface area contributed by atoms with E-state index in [4.69, 9.17) is 0 Å². The van der Waals surface area contributed by atoms with Crippen LogP contribution in [0, 0.1) is 5.92 Å². The topological polar surface area (TPSA) is 118 Å². The molecule has 1 aromatic carbocycles. The number of imide groups is 1. The lowest BCUT2D eigenvalue weighted by atomic mass is 9.82. The molecule has 1 fully saturated rings. The SMILES string of the molecule is CC(NC(=O)N1C(=O)C(Cc2ccncc2)C1C(=O)O)c1ccc2c(c1)OC(F)(F)O2. The van der Waals surface area contributed by atoms with Crippen molar-refractivity contribution in [3.8, 4) is 11.5 Å². The number of amides is 3. The molecule has 0 radical (unpaired) electrons. The van der Waals surface area contributed by atoms with E-state index in [1.165, 1.54) is 30.6 Å². The van der Waals surface area contributed by atoms with Crippen LogP contribution in [0.15, 0.2) is 42.7 Å². The zero-order valence-electron chi connectivity index (χ0n) is 16.1. The average Bonchev–Trinajstić information content (AvgIpc) is 3.03. The number of fused-ring (bicyclic) bond motifs is 1. The van der Waals surface area contributed by atoms with Crippen molar-refractivity contribution < 1.29 is 37.7 Å². The van der Waals surface area contributed by atoms with Crippen LogP contribution >= 0.6 is 0 Å². The molecule has 0 bridgehead atoms. The second-order valence-corrected chi connectivity index (χ2v) is 7.20. The first-order valence-electron chi connectivity index (χ1n) is 9.31. The number of nitrogens with zero attached hydrogens (tertiary/aromatic N) is 2. The minimum atomic E-state index is -3.77. The highest BCUT2D eigenvalue weighted by atomic mass is 19.3. The number of carboxylic acids is 1. The molecule has 2 aliphatic heterocycles. The second kappa shape index (κ2) is 7.49. The average molecular weight is 433 g/mol.